The van der Waals surface area contributed by atoms with Crippen molar-refractivity contribution in [3.63, 3.8) is 0 Å². The highest BCUT2D eigenvalue weighted by atomic mass is 35.5. The van der Waals surface area contributed by atoms with E-state index >= 15 is 0 Å². The van der Waals surface area contributed by atoms with Crippen molar-refractivity contribution in [3.8, 4) is 11.5 Å². The largest absolute Gasteiger partial charge is 0.497 e. The van der Waals surface area contributed by atoms with Gasteiger partial charge in [0.25, 0.3) is 0 Å². The fourth-order valence-electron chi connectivity index (χ4n) is 1.83. The Morgan fingerprint density at radius 2 is 1.82 bits per heavy atom. The Morgan fingerprint density at radius 1 is 1.09 bits per heavy atom. The van der Waals surface area contributed by atoms with E-state index in [4.69, 9.17) is 21.1 Å². The van der Waals surface area contributed by atoms with Crippen LogP contribution in [-0.4, -0.2) is 20.1 Å². The third kappa shape index (κ3) is 4.27. The SMILES string of the molecule is COc1ccc(OC)c(NC(=O)/C=C/c2ccc(Cl)cc2)c1. The molecular formula is C17H16ClNO3. The summed E-state index contributed by atoms with van der Waals surface area (Å²) in [5.74, 6) is 0.938. The standard InChI is InChI=1S/C17H16ClNO3/c1-21-14-8-9-16(22-2)15(11-14)19-17(20)10-5-12-3-6-13(18)7-4-12/h3-11H,1-2H3,(H,19,20)/b10-5+. The van der Waals surface area contributed by atoms with Gasteiger partial charge in [0.05, 0.1) is 19.9 Å². The molecule has 1 amide bonds. The van der Waals surface area contributed by atoms with Crippen LogP contribution in [0.5, 0.6) is 11.5 Å². The minimum Gasteiger partial charge on any atom is -0.497 e. The predicted octanol–water partition coefficient (Wildman–Crippen LogP) is 4.01. The van der Waals surface area contributed by atoms with Crippen molar-refractivity contribution in [2.24, 2.45) is 0 Å². The van der Waals surface area contributed by atoms with Crippen LogP contribution in [0.3, 0.4) is 0 Å². The lowest BCUT2D eigenvalue weighted by atomic mass is 10.2. The fraction of sp³-hybridized carbons (Fsp3) is 0.118. The van der Waals surface area contributed by atoms with Gasteiger partial charge in [0, 0.05) is 17.2 Å². The lowest BCUT2D eigenvalue weighted by Crippen LogP contribution is -2.09. The van der Waals surface area contributed by atoms with Crippen LogP contribution in [0.1, 0.15) is 5.56 Å². The highest BCUT2D eigenvalue weighted by Gasteiger charge is 2.07. The quantitative estimate of drug-likeness (QED) is 0.848. The fourth-order valence-corrected chi connectivity index (χ4v) is 1.96. The van der Waals surface area contributed by atoms with Crippen LogP contribution in [0.15, 0.2) is 48.5 Å². The van der Waals surface area contributed by atoms with Crippen molar-refractivity contribution >= 4 is 29.3 Å². The average molecular weight is 318 g/mol. The van der Waals surface area contributed by atoms with Crippen LogP contribution in [0.4, 0.5) is 5.69 Å². The lowest BCUT2D eigenvalue weighted by Gasteiger charge is -2.10. The van der Waals surface area contributed by atoms with E-state index in [0.717, 1.165) is 5.56 Å². The molecule has 4 nitrogen and oxygen atoms in total. The average Bonchev–Trinajstić information content (AvgIpc) is 2.54. The predicted molar refractivity (Wildman–Crippen MR) is 88.7 cm³/mol. The second-order valence-corrected chi connectivity index (χ2v) is 4.88. The third-order valence-corrected chi connectivity index (χ3v) is 3.21. The van der Waals surface area contributed by atoms with Crippen molar-refractivity contribution in [1.29, 1.82) is 0 Å². The lowest BCUT2D eigenvalue weighted by molar-refractivity contribution is -0.111. The first kappa shape index (κ1) is 15.9. The van der Waals surface area contributed by atoms with Crippen molar-refractivity contribution in [2.75, 3.05) is 19.5 Å². The number of ether oxygens (including phenoxy) is 2. The Morgan fingerprint density at radius 3 is 2.45 bits per heavy atom. The zero-order chi connectivity index (χ0) is 15.9. The molecule has 2 rings (SSSR count). The molecule has 0 radical (unpaired) electrons. The summed E-state index contributed by atoms with van der Waals surface area (Å²) in [5.41, 5.74) is 1.43. The summed E-state index contributed by atoms with van der Waals surface area (Å²) in [6.45, 7) is 0. The van der Waals surface area contributed by atoms with Crippen LogP contribution in [0, 0.1) is 0 Å². The number of halogens is 1. The second-order valence-electron chi connectivity index (χ2n) is 4.44. The number of rotatable bonds is 5. The van der Waals surface area contributed by atoms with E-state index in [-0.39, 0.29) is 5.91 Å². The van der Waals surface area contributed by atoms with E-state index in [9.17, 15) is 4.79 Å². The molecule has 0 aliphatic rings. The van der Waals surface area contributed by atoms with Gasteiger partial charge in [-0.05, 0) is 35.9 Å². The van der Waals surface area contributed by atoms with E-state index in [1.54, 1.807) is 50.6 Å². The van der Waals surface area contributed by atoms with Crippen LogP contribution >= 0.6 is 11.6 Å². The van der Waals surface area contributed by atoms with Gasteiger partial charge in [-0.15, -0.1) is 0 Å². The number of amides is 1. The van der Waals surface area contributed by atoms with Gasteiger partial charge in [-0.1, -0.05) is 23.7 Å². The molecule has 2 aromatic carbocycles. The molecule has 5 heteroatoms. The highest BCUT2D eigenvalue weighted by molar-refractivity contribution is 6.30. The number of carbonyl (C=O) groups is 1. The Balaban J connectivity index is 2.09. The van der Waals surface area contributed by atoms with Crippen molar-refractivity contribution in [3.05, 3.63) is 59.1 Å². The summed E-state index contributed by atoms with van der Waals surface area (Å²) < 4.78 is 10.4. The molecule has 0 bridgehead atoms. The van der Waals surface area contributed by atoms with Gasteiger partial charge >= 0.3 is 0 Å². The smallest absolute Gasteiger partial charge is 0.248 e. The number of methoxy groups -OCH3 is 2. The van der Waals surface area contributed by atoms with Crippen molar-refractivity contribution in [2.45, 2.75) is 0 Å². The maximum atomic E-state index is 12.0. The molecule has 0 aliphatic heterocycles. The molecule has 0 heterocycles. The monoisotopic (exact) mass is 317 g/mol. The maximum absolute atomic E-state index is 12.0. The molecule has 1 N–H and O–H groups in total. The number of anilines is 1. The molecule has 0 saturated heterocycles. The first-order valence-corrected chi connectivity index (χ1v) is 6.97. The summed E-state index contributed by atoms with van der Waals surface area (Å²) in [7, 11) is 3.11. The number of carbonyl (C=O) groups excluding carboxylic acids is 1. The third-order valence-electron chi connectivity index (χ3n) is 2.96. The van der Waals surface area contributed by atoms with Gasteiger partial charge in [-0.2, -0.15) is 0 Å². The maximum Gasteiger partial charge on any atom is 0.248 e. The molecule has 0 saturated carbocycles. The van der Waals surface area contributed by atoms with Gasteiger partial charge < -0.3 is 14.8 Å². The Bertz CT molecular complexity index is 681. The van der Waals surface area contributed by atoms with Crippen LogP contribution in [0.2, 0.25) is 5.02 Å². The van der Waals surface area contributed by atoms with Crippen molar-refractivity contribution < 1.29 is 14.3 Å². The van der Waals surface area contributed by atoms with Crippen LogP contribution in [-0.2, 0) is 4.79 Å². The van der Waals surface area contributed by atoms with E-state index in [2.05, 4.69) is 5.32 Å². The zero-order valence-electron chi connectivity index (χ0n) is 12.3. The number of hydrogen-bond donors (Lipinski definition) is 1. The van der Waals surface area contributed by atoms with Gasteiger partial charge in [0.2, 0.25) is 5.91 Å². The molecule has 0 fully saturated rings. The van der Waals surface area contributed by atoms with Gasteiger partial charge in [0.15, 0.2) is 0 Å². The van der Waals surface area contributed by atoms with E-state index < -0.39 is 0 Å². The Labute approximate surface area is 134 Å². The van der Waals surface area contributed by atoms with Gasteiger partial charge in [-0.3, -0.25) is 4.79 Å². The molecule has 0 aliphatic carbocycles. The highest BCUT2D eigenvalue weighted by Crippen LogP contribution is 2.28. The normalized spacial score (nSPS) is 10.5. The molecular weight excluding hydrogens is 302 g/mol. The number of nitrogens with one attached hydrogen (secondary N) is 1. The van der Waals surface area contributed by atoms with Gasteiger partial charge in [-0.25, -0.2) is 0 Å². The molecule has 2 aromatic rings. The first-order valence-electron chi connectivity index (χ1n) is 6.59. The van der Waals surface area contributed by atoms with Crippen LogP contribution in [0.25, 0.3) is 6.08 Å². The summed E-state index contributed by atoms with van der Waals surface area (Å²) in [6.07, 6.45) is 3.15. The van der Waals surface area contributed by atoms with Gasteiger partial charge in [0.1, 0.15) is 11.5 Å². The molecule has 0 atom stereocenters. The van der Waals surface area contributed by atoms with Crippen molar-refractivity contribution in [1.82, 2.24) is 0 Å². The summed E-state index contributed by atoms with van der Waals surface area (Å²) in [4.78, 5) is 12.0. The van der Waals surface area contributed by atoms with Crippen LogP contribution < -0.4 is 14.8 Å². The van der Waals surface area contributed by atoms with E-state index in [0.29, 0.717) is 22.2 Å². The molecule has 22 heavy (non-hydrogen) atoms. The zero-order valence-corrected chi connectivity index (χ0v) is 13.1. The summed E-state index contributed by atoms with van der Waals surface area (Å²) >= 11 is 5.81. The second kappa shape index (κ2) is 7.52. The number of hydrogen-bond acceptors (Lipinski definition) is 3. The topological polar surface area (TPSA) is 47.6 Å². The molecule has 0 aromatic heterocycles. The summed E-state index contributed by atoms with van der Waals surface area (Å²) in [5, 5.41) is 3.42. The summed E-state index contributed by atoms with van der Waals surface area (Å²) in [6, 6.07) is 12.4. The van der Waals surface area contributed by atoms with E-state index in [1.807, 2.05) is 12.1 Å². The van der Waals surface area contributed by atoms with E-state index in [1.165, 1.54) is 6.08 Å². The minimum atomic E-state index is -0.262. The molecule has 0 spiro atoms. The number of benzene rings is 2. The minimum absolute atomic E-state index is 0.262. The molecule has 0 unspecified atom stereocenters. The first-order chi connectivity index (χ1) is 10.6. The Kier molecular flexibility index (Phi) is 5.44. The molecule has 114 valence electrons. The Hall–Kier alpha value is -2.46.